The van der Waals surface area contributed by atoms with Crippen molar-refractivity contribution < 1.29 is 17.6 Å². The first kappa shape index (κ1) is 21.8. The molecule has 1 amide bonds. The Labute approximate surface area is 154 Å². The summed E-state index contributed by atoms with van der Waals surface area (Å²) in [6.45, 7) is 0.535. The van der Waals surface area contributed by atoms with E-state index in [0.29, 0.717) is 12.5 Å². The zero-order chi connectivity index (χ0) is 17.6. The van der Waals surface area contributed by atoms with Gasteiger partial charge in [-0.2, -0.15) is 0 Å². The van der Waals surface area contributed by atoms with E-state index in [1.54, 1.807) is 0 Å². The first-order valence-electron chi connectivity index (χ1n) is 8.17. The number of carbonyl (C=O) groups is 1. The van der Waals surface area contributed by atoms with Crippen LogP contribution in [-0.4, -0.2) is 33.5 Å². The Bertz CT molecular complexity index is 655. The van der Waals surface area contributed by atoms with Gasteiger partial charge in [-0.15, -0.1) is 12.4 Å². The molecular formula is C16H25ClFN3O3S. The number of halogens is 2. The molecule has 0 bridgehead atoms. The molecular weight excluding hydrogens is 369 g/mol. The Morgan fingerprint density at radius 3 is 2.48 bits per heavy atom. The molecule has 0 aliphatic heterocycles. The van der Waals surface area contributed by atoms with Crippen LogP contribution in [-0.2, 0) is 14.8 Å². The average molecular weight is 394 g/mol. The third kappa shape index (κ3) is 6.54. The van der Waals surface area contributed by atoms with Crippen LogP contribution in [0.15, 0.2) is 29.2 Å². The van der Waals surface area contributed by atoms with Crippen molar-refractivity contribution in [3.63, 3.8) is 0 Å². The number of hydrogen-bond acceptors (Lipinski definition) is 4. The lowest BCUT2D eigenvalue weighted by atomic mass is 9.84. The lowest BCUT2D eigenvalue weighted by Gasteiger charge is -2.31. The molecule has 4 N–H and O–H groups in total. The van der Waals surface area contributed by atoms with Gasteiger partial charge >= 0.3 is 0 Å². The highest BCUT2D eigenvalue weighted by Gasteiger charge is 2.25. The van der Waals surface area contributed by atoms with Gasteiger partial charge in [-0.1, -0.05) is 12.8 Å². The summed E-state index contributed by atoms with van der Waals surface area (Å²) in [6, 6.07) is 4.61. The molecule has 0 saturated heterocycles. The largest absolute Gasteiger partial charge is 0.353 e. The second kappa shape index (κ2) is 10.1. The van der Waals surface area contributed by atoms with Gasteiger partial charge in [0.1, 0.15) is 5.82 Å². The van der Waals surface area contributed by atoms with Crippen molar-refractivity contribution in [2.45, 2.75) is 43.0 Å². The summed E-state index contributed by atoms with van der Waals surface area (Å²) < 4.78 is 39.3. The number of carbonyl (C=O) groups excluding carboxylic acids is 1. The summed E-state index contributed by atoms with van der Waals surface area (Å²) in [6.07, 6.45) is 4.17. The van der Waals surface area contributed by atoms with Crippen molar-refractivity contribution >= 4 is 28.3 Å². The minimum atomic E-state index is -3.74. The molecule has 0 radical (unpaired) electrons. The van der Waals surface area contributed by atoms with E-state index in [-0.39, 0.29) is 42.2 Å². The lowest BCUT2D eigenvalue weighted by Crippen LogP contribution is -2.45. The maximum absolute atomic E-state index is 12.8. The number of nitrogens with two attached hydrogens (primary N) is 1. The summed E-state index contributed by atoms with van der Waals surface area (Å²) in [7, 11) is -3.74. The summed E-state index contributed by atoms with van der Waals surface area (Å²) in [4.78, 5) is 12.0. The van der Waals surface area contributed by atoms with Gasteiger partial charge in [0.15, 0.2) is 0 Å². The van der Waals surface area contributed by atoms with Crippen LogP contribution in [0.1, 0.15) is 32.1 Å². The molecule has 6 nitrogen and oxygen atoms in total. The Morgan fingerprint density at radius 1 is 1.20 bits per heavy atom. The number of nitrogens with one attached hydrogen (secondary N) is 2. The van der Waals surface area contributed by atoms with Gasteiger partial charge in [0.2, 0.25) is 15.9 Å². The number of rotatable bonds is 7. The molecule has 1 aliphatic rings. The topological polar surface area (TPSA) is 101 Å². The normalized spacial score (nSPS) is 20.6. The Balaban J connectivity index is 0.00000312. The fourth-order valence-electron chi connectivity index (χ4n) is 2.95. The molecule has 1 saturated carbocycles. The van der Waals surface area contributed by atoms with Crippen molar-refractivity contribution in [1.82, 2.24) is 10.0 Å². The van der Waals surface area contributed by atoms with E-state index in [9.17, 15) is 17.6 Å². The second-order valence-corrected chi connectivity index (χ2v) is 7.82. The van der Waals surface area contributed by atoms with Gasteiger partial charge in [0.05, 0.1) is 4.90 Å². The van der Waals surface area contributed by atoms with Crippen LogP contribution in [0.2, 0.25) is 0 Å². The summed E-state index contributed by atoms with van der Waals surface area (Å²) in [5, 5.41) is 2.95. The van der Waals surface area contributed by atoms with Crippen molar-refractivity contribution in [1.29, 1.82) is 0 Å². The Hall–Kier alpha value is -1.22. The molecule has 25 heavy (non-hydrogen) atoms. The average Bonchev–Trinajstić information content (AvgIpc) is 2.55. The predicted octanol–water partition coefficient (Wildman–Crippen LogP) is 1.55. The van der Waals surface area contributed by atoms with Gasteiger partial charge in [-0.25, -0.2) is 17.5 Å². The predicted molar refractivity (Wildman–Crippen MR) is 96.4 cm³/mol. The summed E-state index contributed by atoms with van der Waals surface area (Å²) in [5.74, 6) is -0.406. The highest BCUT2D eigenvalue weighted by atomic mass is 35.5. The molecule has 2 unspecified atom stereocenters. The number of sulfonamides is 1. The molecule has 0 aromatic heterocycles. The van der Waals surface area contributed by atoms with E-state index >= 15 is 0 Å². The van der Waals surface area contributed by atoms with E-state index in [1.165, 1.54) is 12.1 Å². The summed E-state index contributed by atoms with van der Waals surface area (Å²) >= 11 is 0. The second-order valence-electron chi connectivity index (χ2n) is 6.06. The van der Waals surface area contributed by atoms with Gasteiger partial charge < -0.3 is 11.1 Å². The van der Waals surface area contributed by atoms with Gasteiger partial charge in [0, 0.05) is 19.0 Å². The smallest absolute Gasteiger partial charge is 0.240 e. The molecule has 2 atom stereocenters. The van der Waals surface area contributed by atoms with Crippen LogP contribution in [0, 0.1) is 11.7 Å². The van der Waals surface area contributed by atoms with E-state index in [1.807, 2.05) is 0 Å². The van der Waals surface area contributed by atoms with E-state index in [4.69, 9.17) is 5.73 Å². The van der Waals surface area contributed by atoms with Gasteiger partial charge in [-0.3, -0.25) is 4.79 Å². The van der Waals surface area contributed by atoms with E-state index < -0.39 is 15.8 Å². The van der Waals surface area contributed by atoms with Crippen molar-refractivity contribution in [2.24, 2.45) is 11.7 Å². The first-order chi connectivity index (χ1) is 11.4. The quantitative estimate of drug-likeness (QED) is 0.654. The monoisotopic (exact) mass is 393 g/mol. The minimum absolute atomic E-state index is 0. The van der Waals surface area contributed by atoms with Crippen LogP contribution < -0.4 is 15.8 Å². The molecule has 1 aliphatic carbocycles. The SMILES string of the molecule is Cl.NCC1CCCCC1NC(=O)CCNS(=O)(=O)c1ccc(F)cc1. The standard InChI is InChI=1S/C16H24FN3O3S.ClH/c17-13-5-7-14(8-6-13)24(22,23)19-10-9-16(21)20-15-4-2-1-3-12(15)11-18;/h5-8,12,15,19H,1-4,9-11,18H2,(H,20,21);1H. The zero-order valence-electron chi connectivity index (χ0n) is 13.9. The molecule has 142 valence electrons. The summed E-state index contributed by atoms with van der Waals surface area (Å²) in [5.41, 5.74) is 5.73. The highest BCUT2D eigenvalue weighted by Crippen LogP contribution is 2.23. The Morgan fingerprint density at radius 2 is 1.84 bits per heavy atom. The molecule has 2 rings (SSSR count). The van der Waals surface area contributed by atoms with Gasteiger partial charge in [0.25, 0.3) is 0 Å². The molecule has 0 spiro atoms. The van der Waals surface area contributed by atoms with E-state index in [2.05, 4.69) is 10.0 Å². The highest BCUT2D eigenvalue weighted by molar-refractivity contribution is 7.89. The Kier molecular flexibility index (Phi) is 8.78. The van der Waals surface area contributed by atoms with Crippen molar-refractivity contribution in [3.05, 3.63) is 30.1 Å². The molecule has 9 heteroatoms. The molecule has 0 heterocycles. The minimum Gasteiger partial charge on any atom is -0.353 e. The van der Waals surface area contributed by atoms with Gasteiger partial charge in [-0.05, 0) is 49.6 Å². The third-order valence-electron chi connectivity index (χ3n) is 4.33. The number of benzene rings is 1. The van der Waals surface area contributed by atoms with Crippen LogP contribution in [0.5, 0.6) is 0 Å². The fourth-order valence-corrected chi connectivity index (χ4v) is 3.99. The molecule has 1 aromatic rings. The fraction of sp³-hybridized carbons (Fsp3) is 0.562. The number of amides is 1. The molecule has 1 fully saturated rings. The van der Waals surface area contributed by atoms with Crippen LogP contribution >= 0.6 is 12.4 Å². The van der Waals surface area contributed by atoms with Crippen molar-refractivity contribution in [3.8, 4) is 0 Å². The first-order valence-corrected chi connectivity index (χ1v) is 9.65. The maximum atomic E-state index is 12.8. The third-order valence-corrected chi connectivity index (χ3v) is 5.80. The maximum Gasteiger partial charge on any atom is 0.240 e. The van der Waals surface area contributed by atoms with Crippen LogP contribution in [0.3, 0.4) is 0 Å². The zero-order valence-corrected chi connectivity index (χ0v) is 15.5. The molecule has 1 aromatic carbocycles. The van der Waals surface area contributed by atoms with Crippen LogP contribution in [0.4, 0.5) is 4.39 Å². The van der Waals surface area contributed by atoms with E-state index in [0.717, 1.165) is 37.8 Å². The lowest BCUT2D eigenvalue weighted by molar-refractivity contribution is -0.122. The van der Waals surface area contributed by atoms with Crippen LogP contribution in [0.25, 0.3) is 0 Å². The van der Waals surface area contributed by atoms with Crippen molar-refractivity contribution in [2.75, 3.05) is 13.1 Å². The number of hydrogen-bond donors (Lipinski definition) is 3.